The standard InChI is InChI=1S/C6H12N2O.ClH/c1-4(6(8)9)3-5(2)7;/h3,5H,7H2,1-2H3,(H2,8,9);1H/b4-3+;. The van der Waals surface area contributed by atoms with Crippen LogP contribution in [-0.4, -0.2) is 11.9 Å². The van der Waals surface area contributed by atoms with E-state index in [9.17, 15) is 4.79 Å². The van der Waals surface area contributed by atoms with Gasteiger partial charge in [-0.25, -0.2) is 0 Å². The van der Waals surface area contributed by atoms with Crippen molar-refractivity contribution in [2.45, 2.75) is 19.9 Å². The van der Waals surface area contributed by atoms with Crippen molar-refractivity contribution in [2.24, 2.45) is 11.5 Å². The van der Waals surface area contributed by atoms with E-state index in [2.05, 4.69) is 0 Å². The van der Waals surface area contributed by atoms with Gasteiger partial charge in [-0.1, -0.05) is 6.08 Å². The summed E-state index contributed by atoms with van der Waals surface area (Å²) < 4.78 is 0. The molecule has 1 atom stereocenters. The number of primary amides is 1. The largest absolute Gasteiger partial charge is 0.366 e. The average molecular weight is 165 g/mol. The van der Waals surface area contributed by atoms with Crippen molar-refractivity contribution in [3.8, 4) is 0 Å². The molecule has 0 saturated heterocycles. The molecule has 0 aromatic carbocycles. The molecule has 4 heteroatoms. The van der Waals surface area contributed by atoms with Crippen molar-refractivity contribution in [2.75, 3.05) is 0 Å². The van der Waals surface area contributed by atoms with Crippen molar-refractivity contribution in [3.05, 3.63) is 11.6 Å². The van der Waals surface area contributed by atoms with Crippen LogP contribution in [0.5, 0.6) is 0 Å². The molecule has 1 unspecified atom stereocenters. The van der Waals surface area contributed by atoms with Gasteiger partial charge in [0.05, 0.1) is 0 Å². The Bertz CT molecular complexity index is 143. The number of hydrogen-bond donors (Lipinski definition) is 2. The highest BCUT2D eigenvalue weighted by Gasteiger charge is 1.96. The first kappa shape index (κ1) is 12.2. The molecule has 0 aromatic heterocycles. The zero-order valence-electron chi connectivity index (χ0n) is 6.13. The fraction of sp³-hybridized carbons (Fsp3) is 0.500. The van der Waals surface area contributed by atoms with E-state index in [0.717, 1.165) is 0 Å². The van der Waals surface area contributed by atoms with E-state index >= 15 is 0 Å². The van der Waals surface area contributed by atoms with Gasteiger partial charge >= 0.3 is 0 Å². The van der Waals surface area contributed by atoms with E-state index in [1.54, 1.807) is 19.9 Å². The highest BCUT2D eigenvalue weighted by Crippen LogP contribution is 1.91. The molecule has 0 aliphatic rings. The second-order valence-electron chi connectivity index (χ2n) is 2.07. The summed E-state index contributed by atoms with van der Waals surface area (Å²) in [6.45, 7) is 3.43. The van der Waals surface area contributed by atoms with Crippen molar-refractivity contribution in [3.63, 3.8) is 0 Å². The topological polar surface area (TPSA) is 69.1 Å². The van der Waals surface area contributed by atoms with Gasteiger partial charge in [-0.3, -0.25) is 4.79 Å². The highest BCUT2D eigenvalue weighted by molar-refractivity contribution is 5.91. The Labute approximate surface area is 66.9 Å². The minimum atomic E-state index is -0.410. The summed E-state index contributed by atoms with van der Waals surface area (Å²) >= 11 is 0. The van der Waals surface area contributed by atoms with Crippen molar-refractivity contribution in [1.82, 2.24) is 0 Å². The second-order valence-corrected chi connectivity index (χ2v) is 2.07. The van der Waals surface area contributed by atoms with E-state index < -0.39 is 5.91 Å². The summed E-state index contributed by atoms with van der Waals surface area (Å²) in [6.07, 6.45) is 1.63. The number of amides is 1. The molecule has 0 fully saturated rings. The molecule has 0 saturated carbocycles. The van der Waals surface area contributed by atoms with Crippen molar-refractivity contribution in [1.29, 1.82) is 0 Å². The zero-order chi connectivity index (χ0) is 7.44. The van der Waals surface area contributed by atoms with Crippen LogP contribution in [0.3, 0.4) is 0 Å². The van der Waals surface area contributed by atoms with Gasteiger partial charge in [0, 0.05) is 11.6 Å². The van der Waals surface area contributed by atoms with Crippen LogP contribution in [0.25, 0.3) is 0 Å². The van der Waals surface area contributed by atoms with Crippen LogP contribution >= 0.6 is 12.4 Å². The lowest BCUT2D eigenvalue weighted by Crippen LogP contribution is -2.17. The minimum absolute atomic E-state index is 0. The second kappa shape index (κ2) is 5.26. The SMILES string of the molecule is C/C(=C\C(C)N)C(N)=O.Cl. The summed E-state index contributed by atoms with van der Waals surface area (Å²) in [4.78, 5) is 10.3. The maximum atomic E-state index is 10.3. The fourth-order valence-corrected chi connectivity index (χ4v) is 0.476. The summed E-state index contributed by atoms with van der Waals surface area (Å²) in [7, 11) is 0. The molecule has 3 nitrogen and oxygen atoms in total. The molecule has 1 amide bonds. The minimum Gasteiger partial charge on any atom is -0.366 e. The molecule has 0 aliphatic carbocycles. The Balaban J connectivity index is 0. The smallest absolute Gasteiger partial charge is 0.244 e. The molecule has 0 aliphatic heterocycles. The summed E-state index contributed by atoms with van der Waals surface area (Å²) in [5.41, 5.74) is 10.8. The summed E-state index contributed by atoms with van der Waals surface area (Å²) in [6, 6.07) is -0.0995. The molecule has 0 bridgehead atoms. The lowest BCUT2D eigenvalue weighted by Gasteiger charge is -1.96. The van der Waals surface area contributed by atoms with E-state index in [1.807, 2.05) is 0 Å². The van der Waals surface area contributed by atoms with Crippen LogP contribution in [0.15, 0.2) is 11.6 Å². The fourth-order valence-electron chi connectivity index (χ4n) is 0.476. The Kier molecular flexibility index (Phi) is 6.40. The molecule has 60 valence electrons. The number of carbonyl (C=O) groups excluding carboxylic acids is 1. The summed E-state index contributed by atoms with van der Waals surface area (Å²) in [5.74, 6) is -0.410. The Hall–Kier alpha value is -0.540. The van der Waals surface area contributed by atoms with Crippen molar-refractivity contribution < 1.29 is 4.79 Å². The number of halogens is 1. The molecular weight excluding hydrogens is 152 g/mol. The zero-order valence-corrected chi connectivity index (χ0v) is 6.94. The molecular formula is C6H13ClN2O. The van der Waals surface area contributed by atoms with Gasteiger partial charge in [0.15, 0.2) is 0 Å². The van der Waals surface area contributed by atoms with Gasteiger partial charge in [-0.15, -0.1) is 12.4 Å². The third-order valence-electron chi connectivity index (χ3n) is 0.902. The number of nitrogens with two attached hydrogens (primary N) is 2. The number of rotatable bonds is 2. The van der Waals surface area contributed by atoms with Gasteiger partial charge in [0.1, 0.15) is 0 Å². The van der Waals surface area contributed by atoms with Gasteiger partial charge in [0.25, 0.3) is 0 Å². The quantitative estimate of drug-likeness (QED) is 0.572. The first-order valence-electron chi connectivity index (χ1n) is 2.78. The lowest BCUT2D eigenvalue weighted by atomic mass is 10.2. The van der Waals surface area contributed by atoms with Crippen LogP contribution < -0.4 is 11.5 Å². The van der Waals surface area contributed by atoms with E-state index in [1.165, 1.54) is 0 Å². The summed E-state index contributed by atoms with van der Waals surface area (Å²) in [5, 5.41) is 0. The Morgan fingerprint density at radius 1 is 1.60 bits per heavy atom. The average Bonchev–Trinajstić information content (AvgIpc) is 1.63. The molecule has 0 rings (SSSR count). The van der Waals surface area contributed by atoms with Crippen LogP contribution in [0.2, 0.25) is 0 Å². The van der Waals surface area contributed by atoms with Crippen LogP contribution in [0, 0.1) is 0 Å². The molecule has 0 aromatic rings. The number of hydrogen-bond acceptors (Lipinski definition) is 2. The maximum absolute atomic E-state index is 10.3. The predicted octanol–water partition coefficient (Wildman–Crippen LogP) is 0.187. The van der Waals surface area contributed by atoms with Crippen molar-refractivity contribution >= 4 is 18.3 Å². The van der Waals surface area contributed by atoms with E-state index in [-0.39, 0.29) is 18.4 Å². The predicted molar refractivity (Wildman–Crippen MR) is 43.8 cm³/mol. The van der Waals surface area contributed by atoms with Gasteiger partial charge in [-0.05, 0) is 13.8 Å². The van der Waals surface area contributed by atoms with E-state index in [4.69, 9.17) is 11.5 Å². The maximum Gasteiger partial charge on any atom is 0.244 e. The molecule has 10 heavy (non-hydrogen) atoms. The van der Waals surface area contributed by atoms with Crippen LogP contribution in [0.1, 0.15) is 13.8 Å². The monoisotopic (exact) mass is 164 g/mol. The Morgan fingerprint density at radius 3 is 2.10 bits per heavy atom. The highest BCUT2D eigenvalue weighted by atomic mass is 35.5. The first-order valence-corrected chi connectivity index (χ1v) is 2.78. The third-order valence-corrected chi connectivity index (χ3v) is 0.902. The van der Waals surface area contributed by atoms with Gasteiger partial charge in [0.2, 0.25) is 5.91 Å². The van der Waals surface area contributed by atoms with Crippen LogP contribution in [-0.2, 0) is 4.79 Å². The normalized spacial score (nSPS) is 13.7. The first-order chi connectivity index (χ1) is 4.04. The molecule has 0 radical (unpaired) electrons. The van der Waals surface area contributed by atoms with Crippen LogP contribution in [0.4, 0.5) is 0 Å². The molecule has 4 N–H and O–H groups in total. The lowest BCUT2D eigenvalue weighted by molar-refractivity contribution is -0.114. The number of carbonyl (C=O) groups is 1. The van der Waals surface area contributed by atoms with Gasteiger partial charge in [-0.2, -0.15) is 0 Å². The molecule has 0 heterocycles. The van der Waals surface area contributed by atoms with Gasteiger partial charge < -0.3 is 11.5 Å². The van der Waals surface area contributed by atoms with E-state index in [0.29, 0.717) is 5.57 Å². The third kappa shape index (κ3) is 5.59. The molecule has 0 spiro atoms. The Morgan fingerprint density at radius 2 is 2.00 bits per heavy atom.